The van der Waals surface area contributed by atoms with Crippen LogP contribution < -0.4 is 21.1 Å². The van der Waals surface area contributed by atoms with Gasteiger partial charge in [0.05, 0.1) is 12.3 Å². The van der Waals surface area contributed by atoms with E-state index in [1.54, 1.807) is 0 Å². The number of aromatic nitrogens is 6. The second-order valence-corrected chi connectivity index (χ2v) is 11.9. The largest absolute Gasteiger partial charge is 0.488 e. The van der Waals surface area contributed by atoms with Crippen molar-refractivity contribution in [3.8, 4) is 11.4 Å². The van der Waals surface area contributed by atoms with Crippen LogP contribution in [-0.2, 0) is 7.05 Å². The Morgan fingerprint density at radius 1 is 1.29 bits per heavy atom. The highest BCUT2D eigenvalue weighted by molar-refractivity contribution is 5.69. The number of hydrogen-bond acceptors (Lipinski definition) is 9. The number of aryl methyl sites for hydroxylation is 1. The van der Waals surface area contributed by atoms with Gasteiger partial charge in [0.2, 0.25) is 11.6 Å². The number of halogens is 2. The van der Waals surface area contributed by atoms with Gasteiger partial charge in [0.25, 0.3) is 0 Å². The molecule has 0 saturated carbocycles. The highest BCUT2D eigenvalue weighted by Gasteiger charge is 2.43. The van der Waals surface area contributed by atoms with Crippen LogP contribution in [0.2, 0.25) is 0 Å². The summed E-state index contributed by atoms with van der Waals surface area (Å²) in [5.74, 6) is -0.429. The van der Waals surface area contributed by atoms with Crippen molar-refractivity contribution >= 4 is 23.1 Å². The number of benzene rings is 1. The minimum absolute atomic E-state index is 0.0165. The first-order valence-electron chi connectivity index (χ1n) is 13.5. The zero-order valence-corrected chi connectivity index (χ0v) is 23.8. The van der Waals surface area contributed by atoms with E-state index in [-0.39, 0.29) is 46.9 Å². The highest BCUT2D eigenvalue weighted by atomic mass is 19.1. The maximum atomic E-state index is 15.3. The first-order valence-corrected chi connectivity index (χ1v) is 13.5. The first kappa shape index (κ1) is 28.4. The van der Waals surface area contributed by atoms with Crippen molar-refractivity contribution in [3.63, 3.8) is 0 Å². The van der Waals surface area contributed by atoms with Crippen molar-refractivity contribution < 1.29 is 13.5 Å². The quantitative estimate of drug-likeness (QED) is 0.387. The lowest BCUT2D eigenvalue weighted by Gasteiger charge is -2.48. The second kappa shape index (κ2) is 10.7. The van der Waals surface area contributed by atoms with Gasteiger partial charge in [0.15, 0.2) is 5.82 Å². The molecule has 3 aromatic rings. The van der Waals surface area contributed by atoms with Crippen LogP contribution in [-0.4, -0.2) is 71.1 Å². The van der Waals surface area contributed by atoms with Gasteiger partial charge >= 0.3 is 5.69 Å². The zero-order chi connectivity index (χ0) is 29.5. The van der Waals surface area contributed by atoms with Gasteiger partial charge in [-0.25, -0.2) is 28.4 Å². The van der Waals surface area contributed by atoms with Crippen LogP contribution in [0.15, 0.2) is 23.1 Å². The van der Waals surface area contributed by atoms with Gasteiger partial charge in [-0.15, -0.1) is 0 Å². The van der Waals surface area contributed by atoms with Crippen molar-refractivity contribution in [2.75, 3.05) is 23.8 Å². The fourth-order valence-electron chi connectivity index (χ4n) is 5.69. The number of tetrazole rings is 1. The van der Waals surface area contributed by atoms with Crippen LogP contribution in [0, 0.1) is 12.4 Å². The average Bonchev–Trinajstić information content (AvgIpc) is 3.51. The molecule has 0 amide bonds. The number of alkyl halides is 1. The van der Waals surface area contributed by atoms with E-state index in [1.165, 1.54) is 39.6 Å². The Balaban J connectivity index is 1.44. The molecule has 12 nitrogen and oxygen atoms in total. The van der Waals surface area contributed by atoms with Crippen molar-refractivity contribution in [2.24, 2.45) is 7.05 Å². The summed E-state index contributed by atoms with van der Waals surface area (Å²) in [4.78, 5) is 27.4. The molecule has 0 unspecified atom stereocenters. The lowest BCUT2D eigenvalue weighted by atomic mass is 9.84. The number of anilines is 3. The summed E-state index contributed by atoms with van der Waals surface area (Å²) in [7, 11) is 1.42. The molecule has 14 heteroatoms. The fraction of sp³-hybridized carbons (Fsp3) is 0.556. The topological polar surface area (TPSA) is 119 Å². The summed E-state index contributed by atoms with van der Waals surface area (Å²) in [5.41, 5.74) is -2.06. The predicted molar refractivity (Wildman–Crippen MR) is 149 cm³/mol. The third kappa shape index (κ3) is 6.00. The van der Waals surface area contributed by atoms with E-state index in [1.807, 2.05) is 0 Å². The Morgan fingerprint density at radius 3 is 2.76 bits per heavy atom. The molecule has 41 heavy (non-hydrogen) atoms. The molecule has 1 aromatic carbocycles. The lowest BCUT2D eigenvalue weighted by molar-refractivity contribution is 0.0501. The molecule has 0 bridgehead atoms. The minimum Gasteiger partial charge on any atom is -0.488 e. The highest BCUT2D eigenvalue weighted by Crippen LogP contribution is 2.39. The number of nitrogens with zero attached hydrogens (tertiary/aromatic N) is 8. The van der Waals surface area contributed by atoms with Crippen molar-refractivity contribution in [1.29, 1.82) is 0 Å². The van der Waals surface area contributed by atoms with E-state index < -0.39 is 17.2 Å². The smallest absolute Gasteiger partial charge is 0.368 e. The summed E-state index contributed by atoms with van der Waals surface area (Å²) < 4.78 is 36.9. The van der Waals surface area contributed by atoms with E-state index in [2.05, 4.69) is 54.6 Å². The number of rotatable bonds is 8. The summed E-state index contributed by atoms with van der Waals surface area (Å²) in [6.45, 7) is 15.5. The Labute approximate surface area is 236 Å². The third-order valence-electron chi connectivity index (χ3n) is 7.50. The molecule has 2 aliphatic rings. The molecule has 2 aliphatic heterocycles. The van der Waals surface area contributed by atoms with Gasteiger partial charge in [-0.3, -0.25) is 4.90 Å². The molecule has 5 rings (SSSR count). The predicted octanol–water partition coefficient (Wildman–Crippen LogP) is 4.13. The molecule has 218 valence electrons. The molecule has 2 saturated heterocycles. The van der Waals surface area contributed by atoms with Crippen molar-refractivity contribution in [3.05, 3.63) is 46.0 Å². The van der Waals surface area contributed by atoms with E-state index in [4.69, 9.17) is 11.3 Å². The summed E-state index contributed by atoms with van der Waals surface area (Å²) >= 11 is 0. The Hall–Kier alpha value is -4.12. The normalized spacial score (nSPS) is 20.3. The monoisotopic (exact) mass is 568 g/mol. The van der Waals surface area contributed by atoms with Gasteiger partial charge in [0.1, 0.15) is 29.5 Å². The Morgan fingerprint density at radius 2 is 2.07 bits per heavy atom. The van der Waals surface area contributed by atoms with Gasteiger partial charge in [-0.1, -0.05) is 0 Å². The molecule has 2 fully saturated rings. The number of piperidine rings is 1. The van der Waals surface area contributed by atoms with Gasteiger partial charge in [-0.05, 0) is 76.4 Å². The maximum absolute atomic E-state index is 15.3. The molecule has 2 atom stereocenters. The first-order chi connectivity index (χ1) is 19.3. The Kier molecular flexibility index (Phi) is 7.41. The minimum atomic E-state index is -1.70. The second-order valence-electron chi connectivity index (χ2n) is 11.9. The molecule has 2 N–H and O–H groups in total. The molecule has 0 aliphatic carbocycles. The zero-order valence-electron chi connectivity index (χ0n) is 23.8. The SMILES string of the molecule is [C-]#[N+]c1cnc(Nc2cc(-n3nnn(C)c3=O)c(OCC(C)(C)F)cc2F)nc1N[C@@H]1C[C@@H]2CCCN2C(C)(C)C1. The summed E-state index contributed by atoms with van der Waals surface area (Å²) in [6.07, 6.45) is 5.53. The van der Waals surface area contributed by atoms with Crippen molar-refractivity contribution in [2.45, 2.75) is 76.7 Å². The van der Waals surface area contributed by atoms with Gasteiger partial charge in [-0.2, -0.15) is 9.36 Å². The number of ether oxygens (including phenoxy) is 1. The standard InChI is InChI=1S/C27H34F2N10O2/c1-26(2,29)15-41-22-11-18(28)19(12-21(22)39-25(40)37(6)35-36-39)33-24-31-14-20(30-5)23(34-24)32-16-10-17-8-7-9-38(17)27(3,4)13-16/h11-12,14,16-17H,7-10,13,15H2,1-4,6H3,(H2,31,32,33,34)/t16-,17+/m1/s1. The van der Waals surface area contributed by atoms with E-state index in [0.29, 0.717) is 11.9 Å². The molecule has 0 spiro atoms. The maximum Gasteiger partial charge on any atom is 0.368 e. The molecule has 2 aromatic heterocycles. The van der Waals surface area contributed by atoms with Gasteiger partial charge in [0, 0.05) is 36.9 Å². The molecule has 4 heterocycles. The molecular formula is C27H34F2N10O2. The third-order valence-corrected chi connectivity index (χ3v) is 7.50. The van der Waals surface area contributed by atoms with Crippen LogP contribution in [0.4, 0.5) is 31.9 Å². The van der Waals surface area contributed by atoms with Crippen molar-refractivity contribution in [1.82, 2.24) is 34.7 Å². The number of nitrogens with one attached hydrogen (secondary N) is 2. The summed E-state index contributed by atoms with van der Waals surface area (Å²) in [5, 5.41) is 13.8. The lowest BCUT2D eigenvalue weighted by Crippen LogP contribution is -2.55. The van der Waals surface area contributed by atoms with Crippen LogP contribution in [0.5, 0.6) is 5.75 Å². The van der Waals surface area contributed by atoms with Crippen LogP contribution in [0.3, 0.4) is 0 Å². The Bertz CT molecular complexity index is 1540. The summed E-state index contributed by atoms with van der Waals surface area (Å²) in [6, 6.07) is 2.92. The van der Waals surface area contributed by atoms with Gasteiger partial charge < -0.3 is 15.4 Å². The number of hydrogen-bond donors (Lipinski definition) is 2. The van der Waals surface area contributed by atoms with Crippen LogP contribution in [0.1, 0.15) is 53.4 Å². The number of fused-ring (bicyclic) bond motifs is 1. The van der Waals surface area contributed by atoms with Crippen LogP contribution >= 0.6 is 0 Å². The van der Waals surface area contributed by atoms with E-state index in [0.717, 1.165) is 41.2 Å². The van der Waals surface area contributed by atoms with E-state index in [9.17, 15) is 9.18 Å². The molecule has 0 radical (unpaired) electrons. The van der Waals surface area contributed by atoms with Crippen LogP contribution in [0.25, 0.3) is 10.5 Å². The average molecular weight is 569 g/mol. The fourth-order valence-corrected chi connectivity index (χ4v) is 5.69. The van der Waals surface area contributed by atoms with E-state index >= 15 is 4.39 Å². The molecular weight excluding hydrogens is 534 g/mol.